The summed E-state index contributed by atoms with van der Waals surface area (Å²) in [5.41, 5.74) is 0.111. The van der Waals surface area contributed by atoms with Crippen LogP contribution < -0.4 is 0 Å². The van der Waals surface area contributed by atoms with Gasteiger partial charge in [-0.1, -0.05) is 26.8 Å². The number of thiazole rings is 1. The number of aromatic nitrogens is 1. The van der Waals surface area contributed by atoms with Crippen LogP contribution in [0.3, 0.4) is 0 Å². The second kappa shape index (κ2) is 4.44. The van der Waals surface area contributed by atoms with E-state index >= 15 is 0 Å². The average Bonchev–Trinajstić information content (AvgIpc) is 2.84. The highest BCUT2D eigenvalue weighted by Crippen LogP contribution is 2.40. The smallest absolute Gasteiger partial charge is 0.134 e. The summed E-state index contributed by atoms with van der Waals surface area (Å²) < 4.78 is 0. The van der Waals surface area contributed by atoms with E-state index < -0.39 is 5.60 Å². The molecule has 1 N–H and O–H groups in total. The van der Waals surface area contributed by atoms with E-state index in [4.69, 9.17) is 4.98 Å². The molecular formula is C14H19NOS2. The number of aliphatic hydroxyl groups is 1. The summed E-state index contributed by atoms with van der Waals surface area (Å²) in [4.78, 5) is 6.90. The standard InChI is InChI=1S/C14H19NOS2/c1-13(2,3)10-11(14(4,5)16)18-12(15-10)9-7-6-8-17-9/h6-8,16H,1-5H3. The molecule has 0 fully saturated rings. The summed E-state index contributed by atoms with van der Waals surface area (Å²) >= 11 is 3.29. The zero-order valence-electron chi connectivity index (χ0n) is 11.4. The molecular weight excluding hydrogens is 262 g/mol. The van der Waals surface area contributed by atoms with Crippen molar-refractivity contribution in [3.05, 3.63) is 28.1 Å². The molecule has 0 aliphatic carbocycles. The van der Waals surface area contributed by atoms with Crippen molar-refractivity contribution in [2.75, 3.05) is 0 Å². The third-order valence-corrected chi connectivity index (χ3v) is 5.03. The fourth-order valence-electron chi connectivity index (χ4n) is 1.75. The van der Waals surface area contributed by atoms with E-state index in [2.05, 4.69) is 32.2 Å². The Kier molecular flexibility index (Phi) is 3.38. The van der Waals surface area contributed by atoms with Crippen LogP contribution in [0.2, 0.25) is 0 Å². The second-order valence-electron chi connectivity index (χ2n) is 5.98. The van der Waals surface area contributed by atoms with Crippen LogP contribution >= 0.6 is 22.7 Å². The van der Waals surface area contributed by atoms with E-state index in [9.17, 15) is 5.11 Å². The maximum atomic E-state index is 10.3. The molecule has 0 spiro atoms. The van der Waals surface area contributed by atoms with Gasteiger partial charge in [0.1, 0.15) is 5.01 Å². The summed E-state index contributed by atoms with van der Waals surface area (Å²) in [7, 11) is 0. The normalized spacial score (nSPS) is 13.0. The molecule has 2 heterocycles. The molecule has 98 valence electrons. The van der Waals surface area contributed by atoms with Crippen LogP contribution in [-0.2, 0) is 11.0 Å². The summed E-state index contributed by atoms with van der Waals surface area (Å²) in [5.74, 6) is 0. The topological polar surface area (TPSA) is 33.1 Å². The van der Waals surface area contributed by atoms with Crippen molar-refractivity contribution in [1.82, 2.24) is 4.98 Å². The summed E-state index contributed by atoms with van der Waals surface area (Å²) in [6.07, 6.45) is 0. The fourth-order valence-corrected chi connectivity index (χ4v) is 3.82. The summed E-state index contributed by atoms with van der Waals surface area (Å²) in [5, 5.41) is 13.4. The molecule has 0 amide bonds. The number of hydrogen-bond acceptors (Lipinski definition) is 4. The molecule has 2 aromatic heterocycles. The molecule has 0 atom stereocenters. The molecule has 18 heavy (non-hydrogen) atoms. The summed E-state index contributed by atoms with van der Waals surface area (Å²) in [6, 6.07) is 4.10. The number of hydrogen-bond donors (Lipinski definition) is 1. The van der Waals surface area contributed by atoms with Gasteiger partial charge in [-0.3, -0.25) is 0 Å². The lowest BCUT2D eigenvalue weighted by Crippen LogP contribution is -2.22. The quantitative estimate of drug-likeness (QED) is 0.885. The van der Waals surface area contributed by atoms with Crippen LogP contribution in [0.15, 0.2) is 17.5 Å². The van der Waals surface area contributed by atoms with Gasteiger partial charge in [0.25, 0.3) is 0 Å². The van der Waals surface area contributed by atoms with E-state index in [0.717, 1.165) is 15.6 Å². The van der Waals surface area contributed by atoms with Crippen molar-refractivity contribution in [1.29, 1.82) is 0 Å². The van der Waals surface area contributed by atoms with Crippen molar-refractivity contribution >= 4 is 22.7 Å². The highest BCUT2D eigenvalue weighted by atomic mass is 32.1. The highest BCUT2D eigenvalue weighted by Gasteiger charge is 2.31. The van der Waals surface area contributed by atoms with Gasteiger partial charge in [-0.2, -0.15) is 0 Å². The molecule has 0 aromatic carbocycles. The van der Waals surface area contributed by atoms with E-state index in [0.29, 0.717) is 0 Å². The predicted molar refractivity (Wildman–Crippen MR) is 79.4 cm³/mol. The molecule has 2 rings (SSSR count). The maximum Gasteiger partial charge on any atom is 0.134 e. The Morgan fingerprint density at radius 2 is 1.83 bits per heavy atom. The Morgan fingerprint density at radius 3 is 2.22 bits per heavy atom. The number of thiophene rings is 1. The van der Waals surface area contributed by atoms with Gasteiger partial charge in [-0.25, -0.2) is 4.98 Å². The van der Waals surface area contributed by atoms with Gasteiger partial charge < -0.3 is 5.11 Å². The zero-order chi connectivity index (χ0) is 13.6. The molecule has 2 nitrogen and oxygen atoms in total. The van der Waals surface area contributed by atoms with Crippen LogP contribution in [-0.4, -0.2) is 10.1 Å². The zero-order valence-corrected chi connectivity index (χ0v) is 13.1. The van der Waals surface area contributed by atoms with Crippen molar-refractivity contribution in [3.63, 3.8) is 0 Å². The lowest BCUT2D eigenvalue weighted by molar-refractivity contribution is 0.0803. The third kappa shape index (κ3) is 2.66. The van der Waals surface area contributed by atoms with Gasteiger partial charge in [0.05, 0.1) is 21.0 Å². The first-order valence-corrected chi connectivity index (χ1v) is 7.67. The molecule has 0 radical (unpaired) electrons. The molecule has 0 aliphatic rings. The van der Waals surface area contributed by atoms with Crippen LogP contribution in [0.5, 0.6) is 0 Å². The lowest BCUT2D eigenvalue weighted by atomic mass is 9.88. The van der Waals surface area contributed by atoms with Gasteiger partial charge >= 0.3 is 0 Å². The average molecular weight is 281 g/mol. The van der Waals surface area contributed by atoms with Crippen LogP contribution in [0.25, 0.3) is 9.88 Å². The number of rotatable bonds is 2. The van der Waals surface area contributed by atoms with Gasteiger partial charge in [-0.15, -0.1) is 22.7 Å². The largest absolute Gasteiger partial charge is 0.385 e. The molecule has 2 aromatic rings. The lowest BCUT2D eigenvalue weighted by Gasteiger charge is -2.23. The molecule has 0 bridgehead atoms. The van der Waals surface area contributed by atoms with Crippen molar-refractivity contribution in [2.24, 2.45) is 0 Å². The Balaban J connectivity index is 2.59. The van der Waals surface area contributed by atoms with E-state index in [-0.39, 0.29) is 5.41 Å². The molecule has 0 aliphatic heterocycles. The van der Waals surface area contributed by atoms with Gasteiger partial charge in [0, 0.05) is 5.41 Å². The minimum Gasteiger partial charge on any atom is -0.385 e. The van der Waals surface area contributed by atoms with Crippen molar-refractivity contribution < 1.29 is 5.11 Å². The van der Waals surface area contributed by atoms with Crippen LogP contribution in [0.1, 0.15) is 45.2 Å². The third-order valence-electron chi connectivity index (χ3n) is 2.63. The first-order chi connectivity index (χ1) is 8.19. The Labute approximate surface area is 116 Å². The molecule has 4 heteroatoms. The van der Waals surface area contributed by atoms with E-state index in [1.165, 1.54) is 4.88 Å². The van der Waals surface area contributed by atoms with E-state index in [1.807, 2.05) is 19.9 Å². The Morgan fingerprint density at radius 1 is 1.17 bits per heavy atom. The highest BCUT2D eigenvalue weighted by molar-refractivity contribution is 7.21. The second-order valence-corrected chi connectivity index (χ2v) is 7.93. The first-order valence-electron chi connectivity index (χ1n) is 5.97. The van der Waals surface area contributed by atoms with Crippen molar-refractivity contribution in [2.45, 2.75) is 45.6 Å². The van der Waals surface area contributed by atoms with Crippen LogP contribution in [0, 0.1) is 0 Å². The number of nitrogens with zero attached hydrogens (tertiary/aromatic N) is 1. The van der Waals surface area contributed by atoms with Gasteiger partial charge in [0.2, 0.25) is 0 Å². The van der Waals surface area contributed by atoms with Crippen molar-refractivity contribution in [3.8, 4) is 9.88 Å². The monoisotopic (exact) mass is 281 g/mol. The molecule has 0 unspecified atom stereocenters. The molecule has 0 saturated heterocycles. The predicted octanol–water partition coefficient (Wildman–Crippen LogP) is 4.40. The summed E-state index contributed by atoms with van der Waals surface area (Å²) in [6.45, 7) is 10.1. The van der Waals surface area contributed by atoms with E-state index in [1.54, 1.807) is 22.7 Å². The Bertz CT molecular complexity index is 496. The van der Waals surface area contributed by atoms with Gasteiger partial charge in [0.15, 0.2) is 0 Å². The maximum absolute atomic E-state index is 10.3. The van der Waals surface area contributed by atoms with Gasteiger partial charge in [-0.05, 0) is 25.3 Å². The SMILES string of the molecule is CC(C)(C)c1nc(-c2cccs2)sc1C(C)(C)O. The Hall–Kier alpha value is -0.710. The molecule has 0 saturated carbocycles. The van der Waals surface area contributed by atoms with Crippen LogP contribution in [0.4, 0.5) is 0 Å². The first kappa shape index (κ1) is 13.7. The minimum absolute atomic E-state index is 0.0542. The minimum atomic E-state index is -0.838. The fraction of sp³-hybridized carbons (Fsp3) is 0.500.